The van der Waals surface area contributed by atoms with Crippen molar-refractivity contribution in [1.29, 1.82) is 0 Å². The van der Waals surface area contributed by atoms with Crippen molar-refractivity contribution in [3.05, 3.63) is 64.2 Å². The molecule has 0 saturated heterocycles. The molecule has 0 radical (unpaired) electrons. The molecule has 0 unspecified atom stereocenters. The predicted molar refractivity (Wildman–Crippen MR) is 142 cm³/mol. The van der Waals surface area contributed by atoms with Gasteiger partial charge in [-0.3, -0.25) is 13.9 Å². The van der Waals surface area contributed by atoms with E-state index in [2.05, 4.69) is 5.32 Å². The number of unbranched alkanes of at least 4 members (excludes halogenated alkanes) is 1. The number of sulfonamides is 1. The zero-order valence-corrected chi connectivity index (χ0v) is 22.7. The molecule has 0 spiro atoms. The third-order valence-corrected chi connectivity index (χ3v) is 7.38. The smallest absolute Gasteiger partial charge is 0.244 e. The quantitative estimate of drug-likeness (QED) is 0.418. The van der Waals surface area contributed by atoms with E-state index in [9.17, 15) is 18.0 Å². The molecular formula is C26H36ClN3O4S. The standard InChI is InChI=1S/C26H36ClN3O4S/c1-6-8-16-28-26(32)23(7-2)29(17-21-12-14-22(27)15-13-21)25(31)18-30(35(5,33)34)24-11-9-10-19(3)20(24)4/h9-15,23H,6-8,16-18H2,1-5H3,(H,28,32)/t23-/m0/s1. The molecule has 9 heteroatoms. The second-order valence-electron chi connectivity index (χ2n) is 8.71. The average Bonchev–Trinajstić information content (AvgIpc) is 2.80. The molecule has 35 heavy (non-hydrogen) atoms. The molecule has 0 aliphatic heterocycles. The molecule has 0 aliphatic rings. The van der Waals surface area contributed by atoms with Crippen LogP contribution in [0.1, 0.15) is 49.8 Å². The topological polar surface area (TPSA) is 86.8 Å². The van der Waals surface area contributed by atoms with Gasteiger partial charge in [-0.2, -0.15) is 0 Å². The highest BCUT2D eigenvalue weighted by Gasteiger charge is 2.32. The Balaban J connectivity index is 2.43. The number of rotatable bonds is 12. The van der Waals surface area contributed by atoms with Gasteiger partial charge in [0.15, 0.2) is 0 Å². The fraction of sp³-hybridized carbons (Fsp3) is 0.462. The van der Waals surface area contributed by atoms with Gasteiger partial charge in [-0.15, -0.1) is 0 Å². The first-order valence-electron chi connectivity index (χ1n) is 11.8. The Morgan fingerprint density at radius 3 is 2.29 bits per heavy atom. The molecule has 0 saturated carbocycles. The Kier molecular flexibility index (Phi) is 10.6. The molecule has 1 atom stereocenters. The zero-order valence-electron chi connectivity index (χ0n) is 21.2. The number of carbonyl (C=O) groups is 2. The molecule has 2 amide bonds. The number of carbonyl (C=O) groups excluding carboxylic acids is 2. The molecule has 0 heterocycles. The largest absolute Gasteiger partial charge is 0.354 e. The van der Waals surface area contributed by atoms with Crippen LogP contribution in [0.4, 0.5) is 5.69 Å². The third kappa shape index (κ3) is 7.97. The lowest BCUT2D eigenvalue weighted by atomic mass is 10.1. The Bertz CT molecular complexity index is 1120. The highest BCUT2D eigenvalue weighted by molar-refractivity contribution is 7.92. The molecule has 0 aromatic heterocycles. The summed E-state index contributed by atoms with van der Waals surface area (Å²) in [6, 6.07) is 11.6. The van der Waals surface area contributed by atoms with Crippen LogP contribution in [-0.4, -0.2) is 50.5 Å². The first-order chi connectivity index (χ1) is 16.5. The normalized spacial score (nSPS) is 12.2. The van der Waals surface area contributed by atoms with E-state index in [0.29, 0.717) is 23.7 Å². The Hall–Kier alpha value is -2.58. The van der Waals surface area contributed by atoms with Crippen molar-refractivity contribution in [2.24, 2.45) is 0 Å². The minimum Gasteiger partial charge on any atom is -0.354 e. The maximum Gasteiger partial charge on any atom is 0.244 e. The monoisotopic (exact) mass is 521 g/mol. The second kappa shape index (κ2) is 12.9. The van der Waals surface area contributed by atoms with Gasteiger partial charge in [0.05, 0.1) is 11.9 Å². The first-order valence-corrected chi connectivity index (χ1v) is 14.1. The van der Waals surface area contributed by atoms with Crippen LogP contribution in [0.2, 0.25) is 5.02 Å². The van der Waals surface area contributed by atoms with Crippen molar-refractivity contribution in [2.45, 2.75) is 59.5 Å². The van der Waals surface area contributed by atoms with Crippen LogP contribution in [0.5, 0.6) is 0 Å². The molecule has 0 bridgehead atoms. The number of hydrogen-bond donors (Lipinski definition) is 1. The van der Waals surface area contributed by atoms with Gasteiger partial charge in [0.1, 0.15) is 12.6 Å². The summed E-state index contributed by atoms with van der Waals surface area (Å²) in [4.78, 5) is 28.2. The van der Waals surface area contributed by atoms with Crippen LogP contribution in [0.3, 0.4) is 0 Å². The van der Waals surface area contributed by atoms with Gasteiger partial charge in [-0.25, -0.2) is 8.42 Å². The second-order valence-corrected chi connectivity index (χ2v) is 11.0. The molecule has 0 fully saturated rings. The summed E-state index contributed by atoms with van der Waals surface area (Å²) in [5, 5.41) is 3.47. The van der Waals surface area contributed by atoms with Crippen LogP contribution in [0.15, 0.2) is 42.5 Å². The summed E-state index contributed by atoms with van der Waals surface area (Å²) >= 11 is 6.02. The molecule has 192 valence electrons. The van der Waals surface area contributed by atoms with E-state index in [1.165, 1.54) is 4.90 Å². The molecular weight excluding hydrogens is 486 g/mol. The van der Waals surface area contributed by atoms with E-state index in [4.69, 9.17) is 11.6 Å². The summed E-state index contributed by atoms with van der Waals surface area (Å²) < 4.78 is 26.6. The van der Waals surface area contributed by atoms with E-state index in [0.717, 1.165) is 40.1 Å². The summed E-state index contributed by atoms with van der Waals surface area (Å²) in [5.41, 5.74) is 2.94. The number of nitrogens with zero attached hydrogens (tertiary/aromatic N) is 2. The van der Waals surface area contributed by atoms with E-state index in [1.807, 2.05) is 33.8 Å². The fourth-order valence-electron chi connectivity index (χ4n) is 3.81. The van der Waals surface area contributed by atoms with Gasteiger partial charge in [0, 0.05) is 18.1 Å². The lowest BCUT2D eigenvalue weighted by Gasteiger charge is -2.33. The van der Waals surface area contributed by atoms with Crippen molar-refractivity contribution in [1.82, 2.24) is 10.2 Å². The molecule has 1 N–H and O–H groups in total. The first kappa shape index (κ1) is 28.7. The maximum atomic E-state index is 13.7. The third-order valence-electron chi connectivity index (χ3n) is 6.01. The van der Waals surface area contributed by atoms with Crippen molar-refractivity contribution in [3.63, 3.8) is 0 Å². The molecule has 2 aromatic rings. The summed E-state index contributed by atoms with van der Waals surface area (Å²) in [6.07, 6.45) is 3.24. The van der Waals surface area contributed by atoms with E-state index >= 15 is 0 Å². The van der Waals surface area contributed by atoms with E-state index < -0.39 is 28.5 Å². The van der Waals surface area contributed by atoms with Crippen LogP contribution < -0.4 is 9.62 Å². The van der Waals surface area contributed by atoms with Crippen molar-refractivity contribution in [3.8, 4) is 0 Å². The Morgan fingerprint density at radius 2 is 1.71 bits per heavy atom. The Morgan fingerprint density at radius 1 is 1.06 bits per heavy atom. The number of hydrogen-bond acceptors (Lipinski definition) is 4. The fourth-order valence-corrected chi connectivity index (χ4v) is 4.84. The van der Waals surface area contributed by atoms with E-state index in [1.54, 1.807) is 36.4 Å². The van der Waals surface area contributed by atoms with Crippen LogP contribution >= 0.6 is 11.6 Å². The molecule has 2 rings (SSSR count). The van der Waals surface area contributed by atoms with Gasteiger partial charge in [-0.05, 0) is 61.6 Å². The Labute approximate surface area is 214 Å². The SMILES string of the molecule is CCCCNC(=O)[C@H](CC)N(Cc1ccc(Cl)cc1)C(=O)CN(c1cccc(C)c1C)S(C)(=O)=O. The number of benzene rings is 2. The van der Waals surface area contributed by atoms with Crippen LogP contribution in [-0.2, 0) is 26.2 Å². The number of aryl methyl sites for hydroxylation is 1. The summed E-state index contributed by atoms with van der Waals surface area (Å²) in [6.45, 7) is 7.86. The minimum absolute atomic E-state index is 0.153. The number of amides is 2. The lowest BCUT2D eigenvalue weighted by Crippen LogP contribution is -2.52. The average molecular weight is 522 g/mol. The van der Waals surface area contributed by atoms with Gasteiger partial charge in [0.2, 0.25) is 21.8 Å². The van der Waals surface area contributed by atoms with Crippen molar-refractivity contribution in [2.75, 3.05) is 23.7 Å². The number of anilines is 1. The molecule has 7 nitrogen and oxygen atoms in total. The van der Waals surface area contributed by atoms with Gasteiger partial charge >= 0.3 is 0 Å². The zero-order chi connectivity index (χ0) is 26.2. The minimum atomic E-state index is -3.77. The lowest BCUT2D eigenvalue weighted by molar-refractivity contribution is -0.140. The van der Waals surface area contributed by atoms with Crippen molar-refractivity contribution >= 4 is 39.1 Å². The highest BCUT2D eigenvalue weighted by Crippen LogP contribution is 2.25. The summed E-state index contributed by atoms with van der Waals surface area (Å²) in [5.74, 6) is -0.704. The van der Waals surface area contributed by atoms with Gasteiger partial charge < -0.3 is 10.2 Å². The summed E-state index contributed by atoms with van der Waals surface area (Å²) in [7, 11) is -3.77. The van der Waals surface area contributed by atoms with E-state index in [-0.39, 0.29) is 12.5 Å². The van der Waals surface area contributed by atoms with Crippen LogP contribution in [0, 0.1) is 13.8 Å². The molecule has 2 aromatic carbocycles. The van der Waals surface area contributed by atoms with Gasteiger partial charge in [0.25, 0.3) is 0 Å². The molecule has 0 aliphatic carbocycles. The number of halogens is 1. The maximum absolute atomic E-state index is 13.7. The van der Waals surface area contributed by atoms with Crippen LogP contribution in [0.25, 0.3) is 0 Å². The predicted octanol–water partition coefficient (Wildman–Crippen LogP) is 4.45. The number of nitrogens with one attached hydrogen (secondary N) is 1. The highest BCUT2D eigenvalue weighted by atomic mass is 35.5. The van der Waals surface area contributed by atoms with Gasteiger partial charge in [-0.1, -0.05) is 56.1 Å². The van der Waals surface area contributed by atoms with Crippen molar-refractivity contribution < 1.29 is 18.0 Å².